The number of aromatic amines is 2. The zero-order valence-electron chi connectivity index (χ0n) is 80.7. The molecule has 0 radical (unpaired) electrons. The molecule has 6 aliphatic heterocycles. The predicted octanol–water partition coefficient (Wildman–Crippen LogP) is 11.3. The number of amides is 6. The van der Waals surface area contributed by atoms with Gasteiger partial charge in [-0.1, -0.05) is 200 Å². The third-order valence-electron chi connectivity index (χ3n) is 25.1. The maximum Gasteiger partial charge on any atom is 0.233 e. The molecule has 11 aromatic heterocycles. The summed E-state index contributed by atoms with van der Waals surface area (Å²) < 4.78 is 8.86. The Morgan fingerprint density at radius 2 is 0.667 bits per heavy atom. The number of rotatable bonds is 21. The van der Waals surface area contributed by atoms with E-state index in [2.05, 4.69) is 106 Å². The number of carbonyl (C=O) groups is 6. The maximum atomic E-state index is 12.6. The summed E-state index contributed by atoms with van der Waals surface area (Å²) >= 11 is 0. The topological polar surface area (TPSA) is 561 Å². The summed E-state index contributed by atoms with van der Waals surface area (Å²) in [6, 6.07) is 58.9. The molecule has 41 nitrogen and oxygen atoms in total. The molecule has 736 valence electrons. The van der Waals surface area contributed by atoms with E-state index in [1.54, 1.807) is 67.5 Å². The number of anilines is 12. The number of methoxy groups -OCH3 is 1. The molecule has 7 aliphatic rings. The summed E-state index contributed by atoms with van der Waals surface area (Å²) in [5, 5.41) is 0. The number of imidazole rings is 4. The number of aryl methyl sites for hydroxylation is 4. The average molecular weight is 1960 g/mol. The fraction of sp³-hybridized carbons (Fsp3) is 0.189. The molecule has 0 bridgehead atoms. The third-order valence-corrected chi connectivity index (χ3v) is 25.1. The molecule has 6 aromatic carbocycles. The Labute approximate surface area is 842 Å². The van der Waals surface area contributed by atoms with Crippen LogP contribution in [0.1, 0.15) is 96.1 Å². The standard InChI is InChI=1S/C19H20N6O2.C18H18N6O.C18H16N4O.2C17H16N6O.C17H14N6O/c1-27-10-9-24-8-7-21-19(24)17-22-16(20)14-11-15(26)25(18(14)23-17)12-13-5-3-2-4-6-13;1-10-11(2)21-16(20-10)17-22-15(19)13-8-14(25)24(18(13)23-17)9-12-6-4-3-5-7-12;19-16-14-10-15(23)22(11-12-6-2-1-3-7-12)18(14)21-17(20-16)13-8-4-5-9-13;1-10-8-19-15(20-10)16-21-14(18)12-7-13(24)23(17(12)22-16)9-11-5-3-2-4-6-11;1-22-8-7-19-17(22)15-20-14(18)12-9-13(24)23(16(12)21-15)10-11-5-3-2-4-6-11;18-15-13-6-14(24)23(9-11-4-2-1-3-5-11)17(13)22-16(21-15)12-7-19-10-20-8-12/h2-8H,9-12H2,1H3,(H2,20,22,23);3-7H,8-9H2,1-2H3,(H,20,21)(H2,19,22,23);1-8H,9-11H2,(H2,19,20,21);2-6,8H,7,9H2,1H3,(H,19,20)(H2,18,21,22);2-8H,9-10H2,1H3,(H2,18,20,21);1-5,7-8,10H,6,9H2,(H2,18,21,22). The Hall–Kier alpha value is -19.2. The molecular weight excluding hydrogens is 1860 g/mol. The molecule has 6 amide bonds. The highest BCUT2D eigenvalue weighted by Crippen LogP contribution is 2.41. The Morgan fingerprint density at radius 3 is 0.993 bits per heavy atom. The van der Waals surface area contributed by atoms with Crippen LogP contribution in [0.3, 0.4) is 0 Å². The van der Waals surface area contributed by atoms with E-state index in [-0.39, 0.29) is 74.0 Å². The molecule has 0 saturated carbocycles. The highest BCUT2D eigenvalue weighted by Gasteiger charge is 2.40. The van der Waals surface area contributed by atoms with Gasteiger partial charge in [-0.2, -0.15) is 0 Å². The largest absolute Gasteiger partial charge is 0.383 e. The van der Waals surface area contributed by atoms with E-state index >= 15 is 0 Å². The van der Waals surface area contributed by atoms with Crippen LogP contribution in [0.15, 0.2) is 250 Å². The molecule has 1 aliphatic carbocycles. The van der Waals surface area contributed by atoms with E-state index in [9.17, 15) is 28.8 Å². The monoisotopic (exact) mass is 1960 g/mol. The highest BCUT2D eigenvalue weighted by atomic mass is 16.5. The number of hydrogen-bond acceptors (Lipinski definition) is 31. The van der Waals surface area contributed by atoms with E-state index in [1.807, 2.05) is 243 Å². The van der Waals surface area contributed by atoms with Crippen molar-refractivity contribution in [2.24, 2.45) is 7.05 Å². The van der Waals surface area contributed by atoms with E-state index in [1.165, 1.54) is 6.33 Å². The number of fused-ring (bicyclic) bond motifs is 6. The summed E-state index contributed by atoms with van der Waals surface area (Å²) in [5.41, 5.74) is 51.3. The van der Waals surface area contributed by atoms with Gasteiger partial charge in [-0.05, 0) is 60.6 Å². The highest BCUT2D eigenvalue weighted by molar-refractivity contribution is 6.06. The van der Waals surface area contributed by atoms with E-state index in [4.69, 9.17) is 39.1 Å². The number of nitrogens with one attached hydrogen (secondary N) is 2. The van der Waals surface area contributed by atoms with Crippen molar-refractivity contribution in [1.82, 2.24) is 109 Å². The third kappa shape index (κ3) is 21.3. The zero-order chi connectivity index (χ0) is 102. The quantitative estimate of drug-likeness (QED) is 0.0331. The van der Waals surface area contributed by atoms with Crippen LogP contribution < -0.4 is 63.8 Å². The van der Waals surface area contributed by atoms with Gasteiger partial charge in [0.15, 0.2) is 58.2 Å². The minimum Gasteiger partial charge on any atom is -0.383 e. The Bertz CT molecular complexity index is 7870. The lowest BCUT2D eigenvalue weighted by molar-refractivity contribution is -0.118. The van der Waals surface area contributed by atoms with Crippen LogP contribution in [0.25, 0.3) is 63.6 Å². The lowest BCUT2D eigenvalue weighted by Gasteiger charge is -2.17. The summed E-state index contributed by atoms with van der Waals surface area (Å²) in [7, 11) is 3.51. The normalized spacial score (nSPS) is 13.7. The number of hydrogen-bond donors (Lipinski definition) is 8. The molecule has 24 rings (SSSR count). The SMILES string of the molecule is COCCn1ccnc1-c1nc(N)c2c(n1)N(Cc1ccccc1)C(=O)C2.Cc1cnc(-c2nc(N)c3c(n2)N(Cc2ccccc2)C(=O)C3)[nH]1.Cc1nc(-c2nc(N)c3c(n2)N(Cc2ccccc2)C(=O)C3)[nH]c1C.Cn1ccnc1-c1nc(N)c2c(n1)N(Cc1ccccc1)C(=O)C2.Nc1nc(-c2cncnc2)nc2c1CC(=O)N2Cc1ccccc1.Nc1nc(C2=CC=CC2)nc2c1CC(=O)N2Cc1ccccc1. The second-order valence-corrected chi connectivity index (χ2v) is 35.2. The van der Waals surface area contributed by atoms with Gasteiger partial charge >= 0.3 is 0 Å². The van der Waals surface area contributed by atoms with Gasteiger partial charge in [0.05, 0.1) is 95.7 Å². The second-order valence-electron chi connectivity index (χ2n) is 35.2. The van der Waals surface area contributed by atoms with Gasteiger partial charge in [-0.3, -0.25) is 58.2 Å². The Kier molecular flexibility index (Phi) is 28.1. The lowest BCUT2D eigenvalue weighted by Crippen LogP contribution is -2.26. The fourth-order valence-corrected chi connectivity index (χ4v) is 17.4. The van der Waals surface area contributed by atoms with Crippen molar-refractivity contribution in [2.75, 3.05) is 77.5 Å². The fourth-order valence-electron chi connectivity index (χ4n) is 17.4. The number of H-pyrrole nitrogens is 2. The molecule has 0 saturated heterocycles. The van der Waals surface area contributed by atoms with Crippen molar-refractivity contribution in [3.63, 3.8) is 0 Å². The maximum absolute atomic E-state index is 12.6. The van der Waals surface area contributed by atoms with Crippen molar-refractivity contribution in [3.05, 3.63) is 340 Å². The molecule has 0 unspecified atom stereocenters. The van der Waals surface area contributed by atoms with Crippen LogP contribution in [-0.4, -0.2) is 158 Å². The van der Waals surface area contributed by atoms with Crippen LogP contribution in [0.4, 0.5) is 69.8 Å². The van der Waals surface area contributed by atoms with Gasteiger partial charge in [0.25, 0.3) is 0 Å². The number of allylic oxidation sites excluding steroid dienone is 4. The Morgan fingerprint density at radius 1 is 0.347 bits per heavy atom. The van der Waals surface area contributed by atoms with E-state index in [0.717, 1.165) is 68.0 Å². The molecular formula is C106H100N34O7. The molecule has 17 aromatic rings. The minimum atomic E-state index is -0.0327. The van der Waals surface area contributed by atoms with Crippen molar-refractivity contribution >= 4 is 111 Å². The van der Waals surface area contributed by atoms with Gasteiger partial charge in [-0.15, -0.1) is 0 Å². The van der Waals surface area contributed by atoms with Crippen molar-refractivity contribution in [2.45, 2.75) is 112 Å². The van der Waals surface area contributed by atoms with Crippen molar-refractivity contribution in [3.8, 4) is 58.0 Å². The van der Waals surface area contributed by atoms with Gasteiger partial charge in [0.2, 0.25) is 35.4 Å². The predicted molar refractivity (Wildman–Crippen MR) is 554 cm³/mol. The zero-order valence-corrected chi connectivity index (χ0v) is 80.7. The summed E-state index contributed by atoms with van der Waals surface area (Å²) in [4.78, 5) is 170. The molecule has 14 N–H and O–H groups in total. The first-order valence-corrected chi connectivity index (χ1v) is 47.1. The molecule has 41 heteroatoms. The second kappa shape index (κ2) is 42.7. The van der Waals surface area contributed by atoms with Crippen molar-refractivity contribution in [1.29, 1.82) is 0 Å². The summed E-state index contributed by atoms with van der Waals surface area (Å²) in [6.45, 7) is 9.70. The number of nitrogens with two attached hydrogens (primary N) is 6. The minimum absolute atomic E-state index is 0.0144. The van der Waals surface area contributed by atoms with Crippen molar-refractivity contribution < 1.29 is 33.5 Å². The number of nitrogens with zero attached hydrogens (tertiary/aromatic N) is 26. The number of aromatic nitrogens is 22. The number of nitrogen functional groups attached to an aromatic ring is 6. The van der Waals surface area contributed by atoms with Crippen LogP contribution in [-0.2, 0) is 125 Å². The smallest absolute Gasteiger partial charge is 0.233 e. The molecule has 0 atom stereocenters. The molecule has 0 fully saturated rings. The van der Waals surface area contributed by atoms with E-state index < -0.39 is 0 Å². The van der Waals surface area contributed by atoms with Gasteiger partial charge < -0.3 is 58.2 Å². The van der Waals surface area contributed by atoms with Gasteiger partial charge in [0.1, 0.15) is 76.1 Å². The van der Waals surface area contributed by atoms with Crippen LogP contribution in [0.5, 0.6) is 0 Å². The van der Waals surface area contributed by atoms with Crippen LogP contribution in [0, 0.1) is 20.8 Å². The van der Waals surface area contributed by atoms with Gasteiger partial charge in [-0.25, -0.2) is 89.7 Å². The Balaban J connectivity index is 0.000000111. The molecule has 17 heterocycles. The molecule has 0 spiro atoms. The van der Waals surface area contributed by atoms with E-state index in [0.29, 0.717) is 214 Å². The number of ether oxygens (including phenoxy) is 1. The van der Waals surface area contributed by atoms with Gasteiger partial charge in [0, 0.05) is 114 Å². The lowest BCUT2D eigenvalue weighted by atomic mass is 10.2. The first kappa shape index (κ1) is 96.6. The van der Waals surface area contributed by atoms with Crippen LogP contribution >= 0.6 is 0 Å². The average Bonchev–Trinajstić information content (AvgIpc) is 1.63. The number of carbonyl (C=O) groups excluding carboxylic acids is 6. The molecule has 147 heavy (non-hydrogen) atoms. The first-order chi connectivity index (χ1) is 71.4. The summed E-state index contributed by atoms with van der Waals surface area (Å²) in [5.74, 6) is 10.4. The number of benzene rings is 6. The van der Waals surface area contributed by atoms with Crippen LogP contribution in [0.2, 0.25) is 0 Å². The summed E-state index contributed by atoms with van der Waals surface area (Å²) in [6.07, 6.45) is 21.6. The first-order valence-electron chi connectivity index (χ1n) is 47.1.